The molecule has 5 heteroatoms. The number of piperidine rings is 1. The molecule has 1 aliphatic heterocycles. The van der Waals surface area contributed by atoms with E-state index in [1.165, 1.54) is 63.7 Å². The monoisotopic (exact) mass is 336 g/mol. The summed E-state index contributed by atoms with van der Waals surface area (Å²) in [6.07, 6.45) is 9.75. The molecule has 0 bridgehead atoms. The topological polar surface area (TPSA) is 69.6 Å². The standard InChI is InChI=1S/C18H30N2O.CH2O2/c1-14(2)4-3-9-20-10-5-15(6-11-20)13-19-17(21)16-12-18(16)7-8-18;2-1-3/h4,15-16H,3,5-13H2,1-2H3,(H,19,21);1H,(H,2,3). The Morgan fingerprint density at radius 3 is 2.42 bits per heavy atom. The third kappa shape index (κ3) is 5.62. The van der Waals surface area contributed by atoms with Gasteiger partial charge in [0.05, 0.1) is 0 Å². The average Bonchev–Trinajstić information content (AvgIpc) is 3.47. The van der Waals surface area contributed by atoms with E-state index in [9.17, 15) is 4.79 Å². The number of hydrogen-bond donors (Lipinski definition) is 2. The zero-order valence-electron chi connectivity index (χ0n) is 15.1. The fourth-order valence-corrected chi connectivity index (χ4v) is 3.75. The number of carbonyl (C=O) groups is 2. The second-order valence-corrected chi connectivity index (χ2v) is 7.82. The Balaban J connectivity index is 0.000000647. The van der Waals surface area contributed by atoms with Crippen LogP contribution in [-0.2, 0) is 9.59 Å². The number of amides is 1. The van der Waals surface area contributed by atoms with Crippen LogP contribution in [0.1, 0.15) is 52.4 Å². The SMILES string of the molecule is CC(C)=CCCN1CCC(CNC(=O)C2CC23CC3)CC1.O=CO. The average molecular weight is 336 g/mol. The van der Waals surface area contributed by atoms with E-state index in [1.807, 2.05) is 0 Å². The lowest BCUT2D eigenvalue weighted by Crippen LogP contribution is -2.39. The summed E-state index contributed by atoms with van der Waals surface area (Å²) in [6.45, 7) is 8.58. The molecule has 0 aromatic carbocycles. The van der Waals surface area contributed by atoms with Gasteiger partial charge in [-0.15, -0.1) is 0 Å². The molecule has 2 saturated carbocycles. The van der Waals surface area contributed by atoms with E-state index in [1.54, 1.807) is 0 Å². The maximum Gasteiger partial charge on any atom is 0.290 e. The van der Waals surface area contributed by atoms with Crippen LogP contribution in [0.15, 0.2) is 11.6 Å². The lowest BCUT2D eigenvalue weighted by Gasteiger charge is -2.31. The van der Waals surface area contributed by atoms with E-state index in [4.69, 9.17) is 9.90 Å². The molecule has 136 valence electrons. The number of rotatable bonds is 6. The minimum atomic E-state index is -0.250. The van der Waals surface area contributed by atoms with Crippen LogP contribution in [-0.4, -0.2) is 48.6 Å². The summed E-state index contributed by atoms with van der Waals surface area (Å²) in [7, 11) is 0. The summed E-state index contributed by atoms with van der Waals surface area (Å²) in [5.74, 6) is 1.42. The third-order valence-corrected chi connectivity index (χ3v) is 5.67. The Morgan fingerprint density at radius 2 is 1.92 bits per heavy atom. The Bertz CT molecular complexity index is 459. The molecule has 1 atom stereocenters. The maximum atomic E-state index is 12.0. The number of carbonyl (C=O) groups excluding carboxylic acids is 1. The molecular weight excluding hydrogens is 304 g/mol. The number of allylic oxidation sites excluding steroid dienone is 1. The molecule has 5 nitrogen and oxygen atoms in total. The largest absolute Gasteiger partial charge is 0.483 e. The van der Waals surface area contributed by atoms with E-state index in [0.29, 0.717) is 23.2 Å². The van der Waals surface area contributed by atoms with E-state index >= 15 is 0 Å². The van der Waals surface area contributed by atoms with Gasteiger partial charge in [0.2, 0.25) is 5.91 Å². The predicted octanol–water partition coefficient (Wildman–Crippen LogP) is 2.67. The molecule has 2 N–H and O–H groups in total. The maximum absolute atomic E-state index is 12.0. The van der Waals surface area contributed by atoms with Crippen LogP contribution in [0.3, 0.4) is 0 Å². The minimum absolute atomic E-state index is 0.250. The highest BCUT2D eigenvalue weighted by molar-refractivity contribution is 5.83. The van der Waals surface area contributed by atoms with Gasteiger partial charge in [-0.25, -0.2) is 0 Å². The van der Waals surface area contributed by atoms with Gasteiger partial charge in [0.15, 0.2) is 0 Å². The first-order valence-electron chi connectivity index (χ1n) is 9.22. The second-order valence-electron chi connectivity index (χ2n) is 7.82. The van der Waals surface area contributed by atoms with Gasteiger partial charge in [-0.1, -0.05) is 11.6 Å². The highest BCUT2D eigenvalue weighted by atomic mass is 16.3. The van der Waals surface area contributed by atoms with Crippen molar-refractivity contribution in [3.05, 3.63) is 11.6 Å². The summed E-state index contributed by atoms with van der Waals surface area (Å²) in [6, 6.07) is 0. The van der Waals surface area contributed by atoms with Crippen molar-refractivity contribution in [2.24, 2.45) is 17.3 Å². The Hall–Kier alpha value is -1.36. The van der Waals surface area contributed by atoms with Crippen LogP contribution in [0, 0.1) is 17.3 Å². The van der Waals surface area contributed by atoms with E-state index in [-0.39, 0.29) is 6.47 Å². The van der Waals surface area contributed by atoms with Crippen molar-refractivity contribution in [3.63, 3.8) is 0 Å². The number of likely N-dealkylation sites (tertiary alicyclic amines) is 1. The first kappa shape index (κ1) is 19.0. The molecular formula is C19H32N2O3. The van der Waals surface area contributed by atoms with Crippen LogP contribution < -0.4 is 5.32 Å². The van der Waals surface area contributed by atoms with Gasteiger partial charge < -0.3 is 15.3 Å². The van der Waals surface area contributed by atoms with Crippen molar-refractivity contribution in [2.75, 3.05) is 26.2 Å². The molecule has 1 amide bonds. The van der Waals surface area contributed by atoms with Crippen LogP contribution in [0.2, 0.25) is 0 Å². The normalized spacial score (nSPS) is 24.5. The highest BCUT2D eigenvalue weighted by Gasteiger charge is 2.65. The van der Waals surface area contributed by atoms with Gasteiger partial charge in [0.1, 0.15) is 0 Å². The molecule has 1 spiro atoms. The van der Waals surface area contributed by atoms with E-state index in [2.05, 4.69) is 30.1 Å². The van der Waals surface area contributed by atoms with Crippen LogP contribution in [0.25, 0.3) is 0 Å². The van der Waals surface area contributed by atoms with E-state index in [0.717, 1.165) is 6.54 Å². The lowest BCUT2D eigenvalue weighted by molar-refractivity contribution is -0.123. The molecule has 1 heterocycles. The minimum Gasteiger partial charge on any atom is -0.483 e. The van der Waals surface area contributed by atoms with Gasteiger partial charge >= 0.3 is 0 Å². The van der Waals surface area contributed by atoms with Gasteiger partial charge in [-0.3, -0.25) is 9.59 Å². The smallest absolute Gasteiger partial charge is 0.290 e. The van der Waals surface area contributed by atoms with Crippen LogP contribution in [0.5, 0.6) is 0 Å². The third-order valence-electron chi connectivity index (χ3n) is 5.67. The van der Waals surface area contributed by atoms with Crippen molar-refractivity contribution >= 4 is 12.4 Å². The molecule has 3 aliphatic rings. The summed E-state index contributed by atoms with van der Waals surface area (Å²) < 4.78 is 0. The molecule has 0 aromatic heterocycles. The van der Waals surface area contributed by atoms with Crippen LogP contribution >= 0.6 is 0 Å². The van der Waals surface area contributed by atoms with E-state index < -0.39 is 0 Å². The molecule has 24 heavy (non-hydrogen) atoms. The fourth-order valence-electron chi connectivity index (χ4n) is 3.75. The summed E-state index contributed by atoms with van der Waals surface area (Å²) in [4.78, 5) is 23.0. The molecule has 1 unspecified atom stereocenters. The Kier molecular flexibility index (Phi) is 6.84. The highest BCUT2D eigenvalue weighted by Crippen LogP contribution is 2.70. The number of nitrogens with one attached hydrogen (secondary N) is 1. The van der Waals surface area contributed by atoms with Crippen molar-refractivity contribution < 1.29 is 14.7 Å². The van der Waals surface area contributed by atoms with Crippen molar-refractivity contribution in [2.45, 2.75) is 52.4 Å². The van der Waals surface area contributed by atoms with Crippen molar-refractivity contribution in [3.8, 4) is 0 Å². The van der Waals surface area contributed by atoms with Gasteiger partial charge in [0.25, 0.3) is 6.47 Å². The van der Waals surface area contributed by atoms with Gasteiger partial charge in [0, 0.05) is 19.0 Å². The number of carboxylic acid groups (broad SMARTS) is 1. The molecule has 3 fully saturated rings. The zero-order valence-corrected chi connectivity index (χ0v) is 15.1. The lowest BCUT2D eigenvalue weighted by atomic mass is 9.96. The summed E-state index contributed by atoms with van der Waals surface area (Å²) >= 11 is 0. The molecule has 1 saturated heterocycles. The zero-order chi connectivity index (χ0) is 17.6. The van der Waals surface area contributed by atoms with Gasteiger partial charge in [-0.05, 0) is 76.8 Å². The first-order valence-corrected chi connectivity index (χ1v) is 9.22. The fraction of sp³-hybridized carbons (Fsp3) is 0.789. The Morgan fingerprint density at radius 1 is 1.29 bits per heavy atom. The van der Waals surface area contributed by atoms with Crippen LogP contribution in [0.4, 0.5) is 0 Å². The summed E-state index contributed by atoms with van der Waals surface area (Å²) in [5.41, 5.74) is 1.92. The quantitative estimate of drug-likeness (QED) is 0.578. The molecule has 0 aromatic rings. The number of nitrogens with zero attached hydrogens (tertiary/aromatic N) is 1. The van der Waals surface area contributed by atoms with Gasteiger partial charge in [-0.2, -0.15) is 0 Å². The Labute approximate surface area is 145 Å². The van der Waals surface area contributed by atoms with Crippen molar-refractivity contribution in [1.82, 2.24) is 10.2 Å². The predicted molar refractivity (Wildman–Crippen MR) is 94.7 cm³/mol. The van der Waals surface area contributed by atoms with Crippen molar-refractivity contribution in [1.29, 1.82) is 0 Å². The number of hydrogen-bond acceptors (Lipinski definition) is 3. The second kappa shape index (κ2) is 8.65. The molecule has 3 rings (SSSR count). The summed E-state index contributed by atoms with van der Waals surface area (Å²) in [5, 5.41) is 10.1. The molecule has 0 radical (unpaired) electrons. The molecule has 2 aliphatic carbocycles. The first-order chi connectivity index (χ1) is 11.5.